The monoisotopic (exact) mass is 349 g/mol. The molecule has 0 aromatic rings. The normalized spacial score (nSPS) is 23.2. The molecule has 1 aliphatic rings. The van der Waals surface area contributed by atoms with Crippen LogP contribution >= 0.6 is 0 Å². The van der Waals surface area contributed by atoms with Gasteiger partial charge in [-0.15, -0.1) is 0 Å². The molecule has 1 fully saturated rings. The predicted octanol–water partition coefficient (Wildman–Crippen LogP) is 3.58. The summed E-state index contributed by atoms with van der Waals surface area (Å²) in [5, 5.41) is 7.61. The first-order valence-electron chi connectivity index (χ1n) is 8.58. The third kappa shape index (κ3) is 7.66. The number of hydrogen-bond acceptors (Lipinski definition) is 4. The summed E-state index contributed by atoms with van der Waals surface area (Å²) in [4.78, 5) is 2.14. The molecule has 1 aliphatic carbocycles. The maximum absolute atomic E-state index is 12.1. The van der Waals surface area contributed by atoms with Crippen molar-refractivity contribution in [3.8, 4) is 0 Å². The lowest BCUT2D eigenvalue weighted by molar-refractivity contribution is -0.177. The third-order valence-electron chi connectivity index (χ3n) is 4.50. The van der Waals surface area contributed by atoms with Gasteiger partial charge in [-0.2, -0.15) is 13.2 Å². The lowest BCUT2D eigenvalue weighted by atomic mass is 9.80. The van der Waals surface area contributed by atoms with E-state index in [0.29, 0.717) is 6.54 Å². The first-order chi connectivity index (χ1) is 11.3. The van der Waals surface area contributed by atoms with Gasteiger partial charge < -0.3 is 20.8 Å². The van der Waals surface area contributed by atoms with E-state index in [1.807, 2.05) is 7.05 Å². The van der Waals surface area contributed by atoms with E-state index in [1.54, 1.807) is 0 Å². The van der Waals surface area contributed by atoms with Crippen molar-refractivity contribution in [1.82, 2.24) is 4.90 Å². The minimum atomic E-state index is -4.26. The van der Waals surface area contributed by atoms with Crippen molar-refractivity contribution in [2.75, 3.05) is 33.4 Å². The number of hydrogen-bond donors (Lipinski definition) is 2. The quantitative estimate of drug-likeness (QED) is 0.626. The van der Waals surface area contributed by atoms with Crippen LogP contribution < -0.4 is 5.73 Å². The fourth-order valence-corrected chi connectivity index (χ4v) is 3.22. The Kier molecular flexibility index (Phi) is 8.76. The van der Waals surface area contributed by atoms with Crippen LogP contribution in [-0.4, -0.2) is 50.6 Å². The van der Waals surface area contributed by atoms with Crippen molar-refractivity contribution in [2.24, 2.45) is 17.6 Å². The number of halogens is 3. The van der Waals surface area contributed by atoms with Crippen LogP contribution in [0.25, 0.3) is 0 Å². The minimum absolute atomic E-state index is 0.159. The molecule has 1 rings (SSSR count). The number of nitrogens with zero attached hydrogens (tertiary/aromatic N) is 1. The molecule has 0 spiro atoms. The second kappa shape index (κ2) is 10.0. The predicted molar refractivity (Wildman–Crippen MR) is 90.1 cm³/mol. The summed E-state index contributed by atoms with van der Waals surface area (Å²) in [5.41, 5.74) is 7.89. The van der Waals surface area contributed by atoms with Gasteiger partial charge in [-0.25, -0.2) is 0 Å². The van der Waals surface area contributed by atoms with E-state index in [1.165, 1.54) is 6.21 Å². The Morgan fingerprint density at radius 1 is 1.29 bits per heavy atom. The first kappa shape index (κ1) is 21.0. The van der Waals surface area contributed by atoms with E-state index in [9.17, 15) is 13.2 Å². The number of ether oxygens (including phenoxy) is 1. The molecule has 140 valence electrons. The smallest absolute Gasteiger partial charge is 0.402 e. The Labute approximate surface area is 142 Å². The molecule has 0 bridgehead atoms. The van der Waals surface area contributed by atoms with Crippen LogP contribution in [0.3, 0.4) is 0 Å². The van der Waals surface area contributed by atoms with Crippen LogP contribution in [0.1, 0.15) is 39.0 Å². The number of nitrogens with two attached hydrogens (primary N) is 1. The lowest BCUT2D eigenvalue weighted by Crippen LogP contribution is -2.29. The highest BCUT2D eigenvalue weighted by atomic mass is 19.4. The van der Waals surface area contributed by atoms with Gasteiger partial charge in [-0.1, -0.05) is 6.92 Å². The van der Waals surface area contributed by atoms with Crippen LogP contribution in [0.15, 0.2) is 11.3 Å². The molecule has 1 saturated carbocycles. The fraction of sp³-hybridized carbons (Fsp3) is 0.824. The highest BCUT2D eigenvalue weighted by molar-refractivity contribution is 5.77. The fourth-order valence-electron chi connectivity index (χ4n) is 3.22. The molecule has 4 nitrogen and oxygen atoms in total. The number of rotatable bonds is 9. The largest absolute Gasteiger partial charge is 0.411 e. The van der Waals surface area contributed by atoms with Crippen molar-refractivity contribution >= 4 is 6.21 Å². The van der Waals surface area contributed by atoms with E-state index in [2.05, 4.69) is 11.8 Å². The average molecular weight is 349 g/mol. The summed E-state index contributed by atoms with van der Waals surface area (Å²) in [6, 6.07) is 0. The molecule has 0 aromatic carbocycles. The first-order valence-corrected chi connectivity index (χ1v) is 8.58. The van der Waals surface area contributed by atoms with Crippen molar-refractivity contribution < 1.29 is 17.9 Å². The molecule has 0 radical (unpaired) electrons. The second-order valence-electron chi connectivity index (χ2n) is 6.71. The van der Waals surface area contributed by atoms with Gasteiger partial charge in [0.05, 0.1) is 0 Å². The van der Waals surface area contributed by atoms with Crippen molar-refractivity contribution in [2.45, 2.75) is 45.2 Å². The SMILES string of the molecule is CCCN(C)CC(C=N)=C(N)C1CCC(COCC(F)(F)F)CC1. The van der Waals surface area contributed by atoms with E-state index in [0.717, 1.165) is 49.9 Å². The Bertz CT molecular complexity index is 416. The zero-order valence-electron chi connectivity index (χ0n) is 14.7. The van der Waals surface area contributed by atoms with Gasteiger partial charge in [-0.05, 0) is 57.5 Å². The molecule has 0 atom stereocenters. The molecule has 0 aliphatic heterocycles. The van der Waals surface area contributed by atoms with E-state index in [4.69, 9.17) is 15.9 Å². The summed E-state index contributed by atoms with van der Waals surface area (Å²) in [6.45, 7) is 2.71. The second-order valence-corrected chi connectivity index (χ2v) is 6.71. The molecule has 0 amide bonds. The highest BCUT2D eigenvalue weighted by Crippen LogP contribution is 2.33. The van der Waals surface area contributed by atoms with E-state index >= 15 is 0 Å². The summed E-state index contributed by atoms with van der Waals surface area (Å²) in [7, 11) is 2.01. The van der Waals surface area contributed by atoms with Gasteiger partial charge in [-0.3, -0.25) is 0 Å². The minimum Gasteiger partial charge on any atom is -0.402 e. The molecule has 24 heavy (non-hydrogen) atoms. The van der Waals surface area contributed by atoms with E-state index < -0.39 is 12.8 Å². The Morgan fingerprint density at radius 2 is 1.92 bits per heavy atom. The molecule has 0 saturated heterocycles. The van der Waals surface area contributed by atoms with Gasteiger partial charge in [0, 0.05) is 30.6 Å². The van der Waals surface area contributed by atoms with Crippen LogP contribution in [0.5, 0.6) is 0 Å². The van der Waals surface area contributed by atoms with Gasteiger partial charge in [0.25, 0.3) is 0 Å². The molecule has 3 N–H and O–H groups in total. The maximum Gasteiger partial charge on any atom is 0.411 e. The third-order valence-corrected chi connectivity index (χ3v) is 4.50. The van der Waals surface area contributed by atoms with Crippen LogP contribution in [0.2, 0.25) is 0 Å². The van der Waals surface area contributed by atoms with Crippen LogP contribution in [0.4, 0.5) is 13.2 Å². The standard InChI is InChI=1S/C17H30F3N3O/c1-3-8-23(2)10-15(9-21)16(22)14-6-4-13(5-7-14)11-24-12-17(18,19)20/h9,13-14,21H,3-8,10-12,22H2,1-2H3. The average Bonchev–Trinajstić information content (AvgIpc) is 2.51. The van der Waals surface area contributed by atoms with Crippen molar-refractivity contribution in [1.29, 1.82) is 5.41 Å². The molecule has 0 aromatic heterocycles. The Morgan fingerprint density at radius 3 is 2.42 bits per heavy atom. The topological polar surface area (TPSA) is 62.3 Å². The van der Waals surface area contributed by atoms with Gasteiger partial charge in [0.1, 0.15) is 6.61 Å². The van der Waals surface area contributed by atoms with Gasteiger partial charge >= 0.3 is 6.18 Å². The maximum atomic E-state index is 12.1. The van der Waals surface area contributed by atoms with Crippen LogP contribution in [-0.2, 0) is 4.74 Å². The zero-order valence-corrected chi connectivity index (χ0v) is 14.7. The summed E-state index contributed by atoms with van der Waals surface area (Å²) < 4.78 is 41.0. The van der Waals surface area contributed by atoms with Gasteiger partial charge in [0.15, 0.2) is 0 Å². The number of allylic oxidation sites excluding steroid dienone is 1. The lowest BCUT2D eigenvalue weighted by Gasteiger charge is -2.30. The van der Waals surface area contributed by atoms with Crippen molar-refractivity contribution in [3.05, 3.63) is 11.3 Å². The van der Waals surface area contributed by atoms with Crippen LogP contribution in [0, 0.1) is 17.2 Å². The molecule has 0 heterocycles. The molecular formula is C17H30F3N3O. The summed E-state index contributed by atoms with van der Waals surface area (Å²) in [6.07, 6.45) is 1.46. The Balaban J connectivity index is 2.46. The van der Waals surface area contributed by atoms with E-state index in [-0.39, 0.29) is 18.4 Å². The summed E-state index contributed by atoms with van der Waals surface area (Å²) >= 11 is 0. The van der Waals surface area contributed by atoms with Gasteiger partial charge in [0.2, 0.25) is 0 Å². The van der Waals surface area contributed by atoms with Crippen molar-refractivity contribution in [3.63, 3.8) is 0 Å². The Hall–Kier alpha value is -1.08. The number of nitrogens with one attached hydrogen (secondary N) is 1. The number of alkyl halides is 3. The molecule has 7 heteroatoms. The molecule has 0 unspecified atom stereocenters. The summed E-state index contributed by atoms with van der Waals surface area (Å²) in [5.74, 6) is 0.387. The zero-order chi connectivity index (χ0) is 18.2. The molecular weight excluding hydrogens is 319 g/mol. The number of likely N-dealkylation sites (N-methyl/N-ethyl adjacent to an activating group) is 1. The highest BCUT2D eigenvalue weighted by Gasteiger charge is 2.29.